The Balaban J connectivity index is 2.06. The third kappa shape index (κ3) is 3.15. The first-order chi connectivity index (χ1) is 8.97. The van der Waals surface area contributed by atoms with E-state index in [1.54, 1.807) is 18.2 Å². The van der Waals surface area contributed by atoms with Crippen molar-refractivity contribution in [1.29, 1.82) is 0 Å². The number of rotatable bonds is 3. The van der Waals surface area contributed by atoms with Crippen molar-refractivity contribution in [2.45, 2.75) is 20.8 Å². The van der Waals surface area contributed by atoms with Crippen molar-refractivity contribution >= 4 is 17.5 Å². The zero-order valence-electron chi connectivity index (χ0n) is 11.1. The van der Waals surface area contributed by atoms with Crippen LogP contribution in [0.2, 0.25) is 5.02 Å². The minimum Gasteiger partial charge on any atom is -0.483 e. The van der Waals surface area contributed by atoms with E-state index in [0.717, 1.165) is 17.0 Å². The molecular formula is C14H15ClN2O2. The van der Waals surface area contributed by atoms with Crippen LogP contribution in [-0.2, 0) is 0 Å². The van der Waals surface area contributed by atoms with Crippen molar-refractivity contribution in [2.75, 3.05) is 6.61 Å². The van der Waals surface area contributed by atoms with E-state index in [4.69, 9.17) is 16.3 Å². The van der Waals surface area contributed by atoms with Gasteiger partial charge in [0.15, 0.2) is 6.61 Å². The van der Waals surface area contributed by atoms with E-state index in [1.807, 2.05) is 26.8 Å². The molecule has 0 aliphatic heterocycles. The standard InChI is InChI=1S/C14H15ClN2O2/c1-9-6-12(15)4-5-13(9)19-8-14(18)17-11(3)7-10(2)16-17/h4-7H,8H2,1-3H3. The summed E-state index contributed by atoms with van der Waals surface area (Å²) >= 11 is 5.86. The fraction of sp³-hybridized carbons (Fsp3) is 0.286. The topological polar surface area (TPSA) is 44.1 Å². The van der Waals surface area contributed by atoms with Crippen molar-refractivity contribution in [1.82, 2.24) is 9.78 Å². The SMILES string of the molecule is Cc1cc(C)n(C(=O)COc2ccc(Cl)cc2C)n1. The normalized spacial score (nSPS) is 10.5. The minimum atomic E-state index is -0.194. The number of aromatic nitrogens is 2. The Morgan fingerprint density at radius 3 is 2.63 bits per heavy atom. The van der Waals surface area contributed by atoms with E-state index in [-0.39, 0.29) is 12.5 Å². The van der Waals surface area contributed by atoms with Gasteiger partial charge in [0, 0.05) is 10.7 Å². The molecule has 2 rings (SSSR count). The van der Waals surface area contributed by atoms with Crippen LogP contribution in [0.4, 0.5) is 0 Å². The maximum absolute atomic E-state index is 12.0. The van der Waals surface area contributed by atoms with E-state index >= 15 is 0 Å². The third-order valence-corrected chi connectivity index (χ3v) is 2.97. The minimum absolute atomic E-state index is 0.0512. The lowest BCUT2D eigenvalue weighted by Gasteiger charge is -2.09. The van der Waals surface area contributed by atoms with E-state index < -0.39 is 0 Å². The fourth-order valence-electron chi connectivity index (χ4n) is 1.86. The van der Waals surface area contributed by atoms with Crippen LogP contribution in [0, 0.1) is 20.8 Å². The highest BCUT2D eigenvalue weighted by molar-refractivity contribution is 6.30. The second-order valence-corrected chi connectivity index (χ2v) is 4.87. The predicted octanol–water partition coefficient (Wildman–Crippen LogP) is 3.18. The van der Waals surface area contributed by atoms with Crippen molar-refractivity contribution in [3.63, 3.8) is 0 Å². The molecule has 2 aromatic rings. The maximum atomic E-state index is 12.0. The Morgan fingerprint density at radius 1 is 1.32 bits per heavy atom. The molecule has 0 spiro atoms. The Labute approximate surface area is 116 Å². The summed E-state index contributed by atoms with van der Waals surface area (Å²) in [6.45, 7) is 5.52. The van der Waals surface area contributed by atoms with Gasteiger partial charge >= 0.3 is 0 Å². The number of carbonyl (C=O) groups is 1. The monoisotopic (exact) mass is 278 g/mol. The number of halogens is 1. The van der Waals surface area contributed by atoms with Gasteiger partial charge in [-0.25, -0.2) is 4.68 Å². The number of hydrogen-bond donors (Lipinski definition) is 0. The molecular weight excluding hydrogens is 264 g/mol. The van der Waals surface area contributed by atoms with E-state index in [9.17, 15) is 4.79 Å². The molecule has 0 atom stereocenters. The maximum Gasteiger partial charge on any atom is 0.284 e. The Kier molecular flexibility index (Phi) is 3.90. The molecule has 0 bridgehead atoms. The summed E-state index contributed by atoms with van der Waals surface area (Å²) in [4.78, 5) is 12.0. The fourth-order valence-corrected chi connectivity index (χ4v) is 2.08. The number of aryl methyl sites for hydroxylation is 3. The zero-order chi connectivity index (χ0) is 14.0. The number of ether oxygens (including phenoxy) is 1. The molecule has 4 nitrogen and oxygen atoms in total. The van der Waals surface area contributed by atoms with Gasteiger partial charge < -0.3 is 4.74 Å². The quantitative estimate of drug-likeness (QED) is 0.866. The first kappa shape index (κ1) is 13.6. The summed E-state index contributed by atoms with van der Waals surface area (Å²) in [6.07, 6.45) is 0. The molecule has 0 aliphatic rings. The van der Waals surface area contributed by atoms with Crippen LogP contribution in [0.25, 0.3) is 0 Å². The van der Waals surface area contributed by atoms with Crippen LogP contribution >= 0.6 is 11.6 Å². The van der Waals surface area contributed by atoms with Gasteiger partial charge in [-0.2, -0.15) is 5.10 Å². The van der Waals surface area contributed by atoms with Crippen molar-refractivity contribution in [2.24, 2.45) is 0 Å². The van der Waals surface area contributed by atoms with E-state index in [1.165, 1.54) is 4.68 Å². The van der Waals surface area contributed by atoms with Crippen LogP contribution < -0.4 is 4.74 Å². The lowest BCUT2D eigenvalue weighted by Crippen LogP contribution is -2.21. The molecule has 0 unspecified atom stereocenters. The molecule has 1 aromatic carbocycles. The zero-order valence-corrected chi connectivity index (χ0v) is 11.9. The third-order valence-electron chi connectivity index (χ3n) is 2.73. The molecule has 0 saturated heterocycles. The van der Waals surface area contributed by atoms with Gasteiger partial charge in [0.25, 0.3) is 5.91 Å². The number of benzene rings is 1. The largest absolute Gasteiger partial charge is 0.483 e. The van der Waals surface area contributed by atoms with Crippen LogP contribution in [0.3, 0.4) is 0 Å². The Hall–Kier alpha value is -1.81. The molecule has 19 heavy (non-hydrogen) atoms. The van der Waals surface area contributed by atoms with Crippen LogP contribution in [0.15, 0.2) is 24.3 Å². The van der Waals surface area contributed by atoms with Gasteiger partial charge in [-0.15, -0.1) is 0 Å². The van der Waals surface area contributed by atoms with Gasteiger partial charge in [-0.3, -0.25) is 4.79 Å². The summed E-state index contributed by atoms with van der Waals surface area (Å²) in [6, 6.07) is 7.14. The predicted molar refractivity (Wildman–Crippen MR) is 74.0 cm³/mol. The molecule has 5 heteroatoms. The first-order valence-corrected chi connectivity index (χ1v) is 6.30. The molecule has 1 heterocycles. The van der Waals surface area contributed by atoms with Gasteiger partial charge in [0.2, 0.25) is 0 Å². The van der Waals surface area contributed by atoms with Crippen LogP contribution in [0.5, 0.6) is 5.75 Å². The highest BCUT2D eigenvalue weighted by atomic mass is 35.5. The van der Waals surface area contributed by atoms with Gasteiger partial charge in [-0.05, 0) is 50.6 Å². The first-order valence-electron chi connectivity index (χ1n) is 5.93. The molecule has 0 fully saturated rings. The lowest BCUT2D eigenvalue weighted by molar-refractivity contribution is 0.0817. The molecule has 0 saturated carbocycles. The van der Waals surface area contributed by atoms with Crippen LogP contribution in [-0.4, -0.2) is 22.3 Å². The number of carbonyl (C=O) groups excluding carboxylic acids is 1. The van der Waals surface area contributed by atoms with Crippen molar-refractivity contribution in [3.8, 4) is 5.75 Å². The molecule has 0 radical (unpaired) electrons. The Bertz CT molecular complexity index is 620. The van der Waals surface area contributed by atoms with Gasteiger partial charge in [0.05, 0.1) is 5.69 Å². The van der Waals surface area contributed by atoms with Gasteiger partial charge in [-0.1, -0.05) is 11.6 Å². The summed E-state index contributed by atoms with van der Waals surface area (Å²) in [5.41, 5.74) is 2.51. The smallest absolute Gasteiger partial charge is 0.284 e. The number of nitrogens with zero attached hydrogens (tertiary/aromatic N) is 2. The Morgan fingerprint density at radius 2 is 2.05 bits per heavy atom. The number of hydrogen-bond acceptors (Lipinski definition) is 3. The summed E-state index contributed by atoms with van der Waals surface area (Å²) in [5, 5.41) is 4.77. The van der Waals surface area contributed by atoms with E-state index in [0.29, 0.717) is 10.8 Å². The highest BCUT2D eigenvalue weighted by Crippen LogP contribution is 2.21. The summed E-state index contributed by atoms with van der Waals surface area (Å²) in [5.74, 6) is 0.458. The summed E-state index contributed by atoms with van der Waals surface area (Å²) < 4.78 is 6.86. The van der Waals surface area contributed by atoms with Crippen molar-refractivity contribution < 1.29 is 9.53 Å². The summed E-state index contributed by atoms with van der Waals surface area (Å²) in [7, 11) is 0. The van der Waals surface area contributed by atoms with Crippen molar-refractivity contribution in [3.05, 3.63) is 46.2 Å². The molecule has 0 aliphatic carbocycles. The molecule has 0 N–H and O–H groups in total. The lowest BCUT2D eigenvalue weighted by atomic mass is 10.2. The van der Waals surface area contributed by atoms with Crippen LogP contribution in [0.1, 0.15) is 21.7 Å². The average molecular weight is 279 g/mol. The second-order valence-electron chi connectivity index (χ2n) is 4.43. The highest BCUT2D eigenvalue weighted by Gasteiger charge is 2.11. The molecule has 1 aromatic heterocycles. The molecule has 100 valence electrons. The van der Waals surface area contributed by atoms with Gasteiger partial charge in [0.1, 0.15) is 5.75 Å². The molecule has 0 amide bonds. The second kappa shape index (κ2) is 5.45. The average Bonchev–Trinajstić information content (AvgIpc) is 2.67. The van der Waals surface area contributed by atoms with E-state index in [2.05, 4.69) is 5.10 Å².